The van der Waals surface area contributed by atoms with E-state index in [0.29, 0.717) is 16.6 Å². The highest BCUT2D eigenvalue weighted by atomic mass is 35.5. The first kappa shape index (κ1) is 13.8. The summed E-state index contributed by atoms with van der Waals surface area (Å²) >= 11 is 6.41. The second-order valence-electron chi connectivity index (χ2n) is 5.20. The first-order valence-corrected chi connectivity index (χ1v) is 7.14. The summed E-state index contributed by atoms with van der Waals surface area (Å²) in [6.07, 6.45) is 0.995. The lowest BCUT2D eigenvalue weighted by atomic mass is 10.1. The molecule has 1 unspecified atom stereocenters. The van der Waals surface area contributed by atoms with Gasteiger partial charge in [0.15, 0.2) is 5.84 Å². The molecule has 0 amide bonds. The Labute approximate surface area is 128 Å². The molecule has 2 aromatic rings. The lowest BCUT2D eigenvalue weighted by molar-refractivity contribution is 0.318. The first-order chi connectivity index (χ1) is 10.1. The molecule has 0 saturated heterocycles. The molecule has 21 heavy (non-hydrogen) atoms. The number of halogens is 1. The summed E-state index contributed by atoms with van der Waals surface area (Å²) in [5, 5.41) is 12.3. The molecule has 3 rings (SSSR count). The van der Waals surface area contributed by atoms with Gasteiger partial charge in [0.05, 0.1) is 10.7 Å². The molecule has 4 nitrogen and oxygen atoms in total. The number of benzene rings is 2. The second-order valence-corrected chi connectivity index (χ2v) is 5.61. The largest absolute Gasteiger partial charge is 0.409 e. The quantitative estimate of drug-likeness (QED) is 0.386. The highest BCUT2D eigenvalue weighted by Gasteiger charge is 2.28. The summed E-state index contributed by atoms with van der Waals surface area (Å²) in [5.41, 5.74) is 9.64. The third-order valence-electron chi connectivity index (χ3n) is 3.82. The molecule has 0 radical (unpaired) electrons. The zero-order chi connectivity index (χ0) is 15.0. The van der Waals surface area contributed by atoms with Gasteiger partial charge >= 0.3 is 0 Å². The van der Waals surface area contributed by atoms with E-state index in [0.717, 1.165) is 12.1 Å². The van der Waals surface area contributed by atoms with Crippen LogP contribution in [0.2, 0.25) is 5.02 Å². The number of nitrogens with zero attached hydrogens (tertiary/aromatic N) is 2. The average molecular weight is 302 g/mol. The van der Waals surface area contributed by atoms with Crippen molar-refractivity contribution in [3.05, 3.63) is 58.6 Å². The Kier molecular flexibility index (Phi) is 3.47. The molecule has 0 saturated carbocycles. The van der Waals surface area contributed by atoms with E-state index in [1.807, 2.05) is 18.2 Å². The fraction of sp³-hybridized carbons (Fsp3) is 0.188. The van der Waals surface area contributed by atoms with Gasteiger partial charge in [-0.05, 0) is 43.2 Å². The molecule has 1 heterocycles. The monoisotopic (exact) mass is 301 g/mol. The van der Waals surface area contributed by atoms with Crippen LogP contribution < -0.4 is 10.6 Å². The van der Waals surface area contributed by atoms with Gasteiger partial charge in [0.1, 0.15) is 0 Å². The number of hydrogen-bond donors (Lipinski definition) is 2. The highest BCUT2D eigenvalue weighted by Crippen LogP contribution is 2.41. The lowest BCUT2D eigenvalue weighted by Crippen LogP contribution is -2.24. The van der Waals surface area contributed by atoms with Crippen LogP contribution in [0.1, 0.15) is 18.1 Å². The van der Waals surface area contributed by atoms with Crippen molar-refractivity contribution in [2.75, 3.05) is 4.90 Å². The Morgan fingerprint density at radius 2 is 2.05 bits per heavy atom. The van der Waals surface area contributed by atoms with Crippen molar-refractivity contribution in [2.45, 2.75) is 19.4 Å². The summed E-state index contributed by atoms with van der Waals surface area (Å²) in [5.74, 6) is 0.0540. The van der Waals surface area contributed by atoms with Gasteiger partial charge in [-0.3, -0.25) is 0 Å². The number of para-hydroxylation sites is 1. The molecular formula is C16H16ClN3O. The average Bonchev–Trinajstić information content (AvgIpc) is 2.82. The molecule has 1 aliphatic heterocycles. The van der Waals surface area contributed by atoms with E-state index in [9.17, 15) is 0 Å². The maximum atomic E-state index is 8.74. The van der Waals surface area contributed by atoms with E-state index in [2.05, 4.69) is 35.2 Å². The van der Waals surface area contributed by atoms with Crippen molar-refractivity contribution in [1.82, 2.24) is 0 Å². The molecular weight excluding hydrogens is 286 g/mol. The molecule has 3 N–H and O–H groups in total. The minimum Gasteiger partial charge on any atom is -0.409 e. The smallest absolute Gasteiger partial charge is 0.170 e. The number of hydrogen-bond acceptors (Lipinski definition) is 3. The van der Waals surface area contributed by atoms with Gasteiger partial charge in [-0.25, -0.2) is 0 Å². The lowest BCUT2D eigenvalue weighted by Gasteiger charge is -2.26. The van der Waals surface area contributed by atoms with Crippen LogP contribution in [0, 0.1) is 0 Å². The van der Waals surface area contributed by atoms with Gasteiger partial charge in [-0.15, -0.1) is 0 Å². The molecule has 1 aliphatic rings. The maximum Gasteiger partial charge on any atom is 0.170 e. The standard InChI is InChI=1S/C16H16ClN3O/c1-10-8-11-4-2-3-5-14(11)20(10)15-7-6-12(9-13(15)17)16(18)19-21/h2-7,9-10,21H,8H2,1H3,(H2,18,19). The van der Waals surface area contributed by atoms with Gasteiger partial charge in [-0.1, -0.05) is 35.0 Å². The van der Waals surface area contributed by atoms with Crippen molar-refractivity contribution < 1.29 is 5.21 Å². The van der Waals surface area contributed by atoms with Crippen LogP contribution in [-0.4, -0.2) is 17.1 Å². The van der Waals surface area contributed by atoms with Gasteiger partial charge in [-0.2, -0.15) is 0 Å². The predicted molar refractivity (Wildman–Crippen MR) is 85.7 cm³/mol. The van der Waals surface area contributed by atoms with E-state index in [1.165, 1.54) is 11.3 Å². The molecule has 0 bridgehead atoms. The maximum absolute atomic E-state index is 8.74. The van der Waals surface area contributed by atoms with Crippen molar-refractivity contribution in [1.29, 1.82) is 0 Å². The molecule has 0 spiro atoms. The summed E-state index contributed by atoms with van der Waals surface area (Å²) in [4.78, 5) is 2.23. The van der Waals surface area contributed by atoms with Crippen LogP contribution >= 0.6 is 11.6 Å². The third kappa shape index (κ3) is 2.32. The van der Waals surface area contributed by atoms with E-state index >= 15 is 0 Å². The summed E-state index contributed by atoms with van der Waals surface area (Å²) in [6, 6.07) is 14.1. The van der Waals surface area contributed by atoms with E-state index < -0.39 is 0 Å². The van der Waals surface area contributed by atoms with Crippen molar-refractivity contribution >= 4 is 28.8 Å². The third-order valence-corrected chi connectivity index (χ3v) is 4.12. The highest BCUT2D eigenvalue weighted by molar-refractivity contribution is 6.33. The van der Waals surface area contributed by atoms with Crippen molar-refractivity contribution in [3.8, 4) is 0 Å². The number of amidine groups is 1. The van der Waals surface area contributed by atoms with Crippen LogP contribution in [0.3, 0.4) is 0 Å². The number of rotatable bonds is 2. The minimum atomic E-state index is 0.0540. The van der Waals surface area contributed by atoms with Gasteiger partial charge in [0.2, 0.25) is 0 Å². The normalized spacial score (nSPS) is 17.9. The number of oxime groups is 1. The number of anilines is 2. The topological polar surface area (TPSA) is 61.8 Å². The summed E-state index contributed by atoms with van der Waals surface area (Å²) in [6.45, 7) is 2.17. The Bertz CT molecular complexity index is 714. The molecule has 0 fully saturated rings. The van der Waals surface area contributed by atoms with Crippen molar-refractivity contribution in [3.63, 3.8) is 0 Å². The van der Waals surface area contributed by atoms with Crippen molar-refractivity contribution in [2.24, 2.45) is 10.9 Å². The Morgan fingerprint density at radius 1 is 1.29 bits per heavy atom. The minimum absolute atomic E-state index is 0.0540. The second kappa shape index (κ2) is 5.30. The van der Waals surface area contributed by atoms with Gasteiger partial charge in [0, 0.05) is 17.3 Å². The van der Waals surface area contributed by atoms with E-state index in [1.54, 1.807) is 6.07 Å². The zero-order valence-electron chi connectivity index (χ0n) is 11.6. The van der Waals surface area contributed by atoms with Gasteiger partial charge in [0.25, 0.3) is 0 Å². The molecule has 108 valence electrons. The number of nitrogens with two attached hydrogens (primary N) is 1. The fourth-order valence-electron chi connectivity index (χ4n) is 2.85. The molecule has 0 aromatic heterocycles. The van der Waals surface area contributed by atoms with Crippen LogP contribution in [0.25, 0.3) is 0 Å². The fourth-order valence-corrected chi connectivity index (χ4v) is 3.12. The summed E-state index contributed by atoms with van der Waals surface area (Å²) in [7, 11) is 0. The number of fused-ring (bicyclic) bond motifs is 1. The SMILES string of the molecule is CC1Cc2ccccc2N1c1ccc(C(N)=NO)cc1Cl. The van der Waals surface area contributed by atoms with Crippen LogP contribution in [0.5, 0.6) is 0 Å². The summed E-state index contributed by atoms with van der Waals surface area (Å²) < 4.78 is 0. The molecule has 0 aliphatic carbocycles. The van der Waals surface area contributed by atoms with Crippen LogP contribution in [-0.2, 0) is 6.42 Å². The Balaban J connectivity index is 2.05. The Morgan fingerprint density at radius 3 is 2.76 bits per heavy atom. The predicted octanol–water partition coefficient (Wildman–Crippen LogP) is 3.52. The molecule has 1 atom stereocenters. The Hall–Kier alpha value is -2.20. The van der Waals surface area contributed by atoms with Crippen LogP contribution in [0.4, 0.5) is 11.4 Å². The molecule has 2 aromatic carbocycles. The van der Waals surface area contributed by atoms with E-state index in [4.69, 9.17) is 22.5 Å². The molecule has 5 heteroatoms. The zero-order valence-corrected chi connectivity index (χ0v) is 12.4. The van der Waals surface area contributed by atoms with Gasteiger partial charge < -0.3 is 15.8 Å². The van der Waals surface area contributed by atoms with E-state index in [-0.39, 0.29) is 5.84 Å². The van der Waals surface area contributed by atoms with Crippen LogP contribution in [0.15, 0.2) is 47.6 Å². The first-order valence-electron chi connectivity index (χ1n) is 6.76.